The van der Waals surface area contributed by atoms with Gasteiger partial charge >= 0.3 is 0 Å². The third kappa shape index (κ3) is 6.89. The van der Waals surface area contributed by atoms with Gasteiger partial charge in [0, 0.05) is 50.6 Å². The Balaban J connectivity index is 0.00000289. The molecule has 2 aromatic rings. The van der Waals surface area contributed by atoms with Crippen molar-refractivity contribution < 1.29 is 17.9 Å². The maximum absolute atomic E-state index is 14.3. The minimum atomic E-state index is -0.550. The first-order valence-corrected chi connectivity index (χ1v) is 10.9. The Kier molecular flexibility index (Phi) is 9.30. The fourth-order valence-electron chi connectivity index (χ4n) is 3.90. The van der Waals surface area contributed by atoms with Crippen LogP contribution < -0.4 is 10.6 Å². The Bertz CT molecular complexity index is 869. The molecule has 9 heteroatoms. The third-order valence-corrected chi connectivity index (χ3v) is 5.96. The Labute approximate surface area is 204 Å². The number of guanidine groups is 1. The van der Waals surface area contributed by atoms with Gasteiger partial charge in [-0.2, -0.15) is 0 Å². The molecule has 0 amide bonds. The fourth-order valence-corrected chi connectivity index (χ4v) is 3.90. The predicted molar refractivity (Wildman–Crippen MR) is 131 cm³/mol. The number of hydrogen-bond acceptors (Lipinski definition) is 4. The molecule has 0 unspecified atom stereocenters. The van der Waals surface area contributed by atoms with Crippen LogP contribution in [-0.4, -0.2) is 63.3 Å². The molecular formula is C23H31F2IN4O2. The summed E-state index contributed by atoms with van der Waals surface area (Å²) in [4.78, 5) is 7.11. The SMILES string of the molecule is Fc1ccc(C2(CN=C(NCCc3ccco3)NCCN3CCOCC3)CC2)c(F)c1.I. The first kappa shape index (κ1) is 24.9. The van der Waals surface area contributed by atoms with Crippen LogP contribution in [0, 0.1) is 11.6 Å². The number of nitrogens with one attached hydrogen (secondary N) is 2. The Morgan fingerprint density at radius 3 is 2.56 bits per heavy atom. The van der Waals surface area contributed by atoms with Crippen molar-refractivity contribution in [2.45, 2.75) is 24.7 Å². The standard InChI is InChI=1S/C23H30F2N4O2.HI/c24-18-3-4-20(21(25)16-18)23(6-7-23)17-28-22(26-8-5-19-2-1-13-31-19)27-9-10-29-11-14-30-15-12-29;/h1-4,13,16H,5-12,14-15,17H2,(H2,26,27,28);1H. The quantitative estimate of drug-likeness (QED) is 0.280. The number of morpholine rings is 1. The zero-order valence-corrected chi connectivity index (χ0v) is 20.4. The van der Waals surface area contributed by atoms with Gasteiger partial charge in [-0.3, -0.25) is 9.89 Å². The summed E-state index contributed by atoms with van der Waals surface area (Å²) in [6.07, 6.45) is 4.12. The highest BCUT2D eigenvalue weighted by molar-refractivity contribution is 14.0. The topological polar surface area (TPSA) is 62.0 Å². The molecule has 1 aromatic carbocycles. The lowest BCUT2D eigenvalue weighted by atomic mass is 9.95. The molecule has 0 spiro atoms. The van der Waals surface area contributed by atoms with E-state index < -0.39 is 11.6 Å². The largest absolute Gasteiger partial charge is 0.469 e. The molecule has 4 rings (SSSR count). The Hall–Kier alpha value is -1.72. The van der Waals surface area contributed by atoms with E-state index in [0.29, 0.717) is 24.6 Å². The number of rotatable bonds is 9. The smallest absolute Gasteiger partial charge is 0.191 e. The first-order chi connectivity index (χ1) is 15.1. The molecule has 0 atom stereocenters. The number of halogens is 3. The molecule has 2 N–H and O–H groups in total. The van der Waals surface area contributed by atoms with Crippen molar-refractivity contribution in [2.75, 3.05) is 52.5 Å². The highest BCUT2D eigenvalue weighted by Crippen LogP contribution is 2.49. The molecular weight excluding hydrogens is 529 g/mol. The summed E-state index contributed by atoms with van der Waals surface area (Å²) >= 11 is 0. The number of furan rings is 1. The third-order valence-electron chi connectivity index (χ3n) is 5.96. The van der Waals surface area contributed by atoms with Crippen LogP contribution in [0.1, 0.15) is 24.2 Å². The van der Waals surface area contributed by atoms with Gasteiger partial charge in [-0.1, -0.05) is 6.07 Å². The number of benzene rings is 1. The van der Waals surface area contributed by atoms with Crippen LogP contribution in [0.3, 0.4) is 0 Å². The van der Waals surface area contributed by atoms with E-state index in [0.717, 1.165) is 70.5 Å². The number of nitrogens with zero attached hydrogens (tertiary/aromatic N) is 2. The molecule has 1 saturated carbocycles. The van der Waals surface area contributed by atoms with Crippen LogP contribution >= 0.6 is 24.0 Å². The average Bonchev–Trinajstić information content (AvgIpc) is 3.37. The molecule has 6 nitrogen and oxygen atoms in total. The maximum Gasteiger partial charge on any atom is 0.191 e. The van der Waals surface area contributed by atoms with E-state index in [1.807, 2.05) is 12.1 Å². The Morgan fingerprint density at radius 1 is 1.09 bits per heavy atom. The van der Waals surface area contributed by atoms with E-state index in [1.54, 1.807) is 12.3 Å². The minimum absolute atomic E-state index is 0. The van der Waals surface area contributed by atoms with Crippen LogP contribution in [0.15, 0.2) is 46.0 Å². The molecule has 1 aliphatic heterocycles. The molecule has 32 heavy (non-hydrogen) atoms. The molecule has 0 bridgehead atoms. The zero-order valence-electron chi connectivity index (χ0n) is 18.1. The summed E-state index contributed by atoms with van der Waals surface area (Å²) in [5.41, 5.74) is 0.221. The second kappa shape index (κ2) is 11.9. The van der Waals surface area contributed by atoms with Crippen molar-refractivity contribution in [3.8, 4) is 0 Å². The summed E-state index contributed by atoms with van der Waals surface area (Å²) in [5, 5.41) is 6.75. The van der Waals surface area contributed by atoms with Crippen LogP contribution in [-0.2, 0) is 16.6 Å². The fraction of sp³-hybridized carbons (Fsp3) is 0.522. The van der Waals surface area contributed by atoms with Gasteiger partial charge in [0.05, 0.1) is 26.0 Å². The predicted octanol–water partition coefficient (Wildman–Crippen LogP) is 3.32. The van der Waals surface area contributed by atoms with Gasteiger partial charge in [0.1, 0.15) is 17.4 Å². The summed E-state index contributed by atoms with van der Waals surface area (Å²) in [6, 6.07) is 7.66. The van der Waals surface area contributed by atoms with E-state index in [1.165, 1.54) is 6.07 Å². The molecule has 2 heterocycles. The van der Waals surface area contributed by atoms with Crippen molar-refractivity contribution in [3.05, 3.63) is 59.6 Å². The second-order valence-corrected chi connectivity index (χ2v) is 8.21. The maximum atomic E-state index is 14.3. The van der Waals surface area contributed by atoms with E-state index in [4.69, 9.17) is 14.1 Å². The molecule has 176 valence electrons. The van der Waals surface area contributed by atoms with E-state index in [-0.39, 0.29) is 29.4 Å². The van der Waals surface area contributed by atoms with Gasteiger partial charge < -0.3 is 19.8 Å². The van der Waals surface area contributed by atoms with Crippen molar-refractivity contribution in [2.24, 2.45) is 4.99 Å². The average molecular weight is 560 g/mol. The van der Waals surface area contributed by atoms with Crippen LogP contribution in [0.4, 0.5) is 8.78 Å². The summed E-state index contributed by atoms with van der Waals surface area (Å²) in [6.45, 7) is 6.21. The molecule has 0 radical (unpaired) electrons. The van der Waals surface area contributed by atoms with Crippen molar-refractivity contribution in [3.63, 3.8) is 0 Å². The van der Waals surface area contributed by atoms with Gasteiger partial charge in [0.25, 0.3) is 0 Å². The van der Waals surface area contributed by atoms with E-state index in [2.05, 4.69) is 15.5 Å². The molecule has 1 saturated heterocycles. The van der Waals surface area contributed by atoms with E-state index >= 15 is 0 Å². The molecule has 1 aliphatic carbocycles. The van der Waals surface area contributed by atoms with Gasteiger partial charge in [-0.25, -0.2) is 8.78 Å². The second-order valence-electron chi connectivity index (χ2n) is 8.21. The van der Waals surface area contributed by atoms with Gasteiger partial charge in [-0.05, 0) is 36.6 Å². The van der Waals surface area contributed by atoms with Crippen LogP contribution in [0.25, 0.3) is 0 Å². The van der Waals surface area contributed by atoms with Gasteiger partial charge in [-0.15, -0.1) is 24.0 Å². The number of aliphatic imine (C=N–C) groups is 1. The monoisotopic (exact) mass is 560 g/mol. The molecule has 2 aliphatic rings. The summed E-state index contributed by atoms with van der Waals surface area (Å²) in [5.74, 6) is 0.576. The molecule has 1 aromatic heterocycles. The summed E-state index contributed by atoms with van der Waals surface area (Å²) < 4.78 is 38.4. The lowest BCUT2D eigenvalue weighted by molar-refractivity contribution is 0.0389. The first-order valence-electron chi connectivity index (χ1n) is 10.9. The molecule has 2 fully saturated rings. The minimum Gasteiger partial charge on any atom is -0.469 e. The zero-order chi connectivity index (χ0) is 21.5. The van der Waals surface area contributed by atoms with Crippen molar-refractivity contribution >= 4 is 29.9 Å². The number of hydrogen-bond donors (Lipinski definition) is 2. The lowest BCUT2D eigenvalue weighted by Gasteiger charge is -2.26. The lowest BCUT2D eigenvalue weighted by Crippen LogP contribution is -2.45. The van der Waals surface area contributed by atoms with Gasteiger partial charge in [0.15, 0.2) is 5.96 Å². The highest BCUT2D eigenvalue weighted by Gasteiger charge is 2.46. The van der Waals surface area contributed by atoms with Crippen LogP contribution in [0.2, 0.25) is 0 Å². The van der Waals surface area contributed by atoms with E-state index in [9.17, 15) is 8.78 Å². The normalized spacial score (nSPS) is 18.1. The number of ether oxygens (including phenoxy) is 1. The highest BCUT2D eigenvalue weighted by atomic mass is 127. The summed E-state index contributed by atoms with van der Waals surface area (Å²) in [7, 11) is 0. The van der Waals surface area contributed by atoms with Crippen molar-refractivity contribution in [1.29, 1.82) is 0 Å². The van der Waals surface area contributed by atoms with Gasteiger partial charge in [0.2, 0.25) is 0 Å². The van der Waals surface area contributed by atoms with Crippen LogP contribution in [0.5, 0.6) is 0 Å². The van der Waals surface area contributed by atoms with Crippen molar-refractivity contribution in [1.82, 2.24) is 15.5 Å². The Morgan fingerprint density at radius 2 is 1.88 bits per heavy atom.